The fourth-order valence-electron chi connectivity index (χ4n) is 2.31. The number of hydrogen-bond donors (Lipinski definition) is 2. The van der Waals surface area contributed by atoms with E-state index in [0.717, 1.165) is 32.3 Å². The molecule has 1 heterocycles. The van der Waals surface area contributed by atoms with Crippen LogP contribution in [0.5, 0.6) is 0 Å². The van der Waals surface area contributed by atoms with Gasteiger partial charge in [-0.2, -0.15) is 0 Å². The quantitative estimate of drug-likeness (QED) is 0.264. The highest BCUT2D eigenvalue weighted by Crippen LogP contribution is 2.26. The van der Waals surface area contributed by atoms with Gasteiger partial charge in [-0.3, -0.25) is 4.99 Å². The Balaban J connectivity index is 0.00000400. The van der Waals surface area contributed by atoms with Crippen molar-refractivity contribution in [2.45, 2.75) is 65.8 Å². The van der Waals surface area contributed by atoms with Crippen molar-refractivity contribution in [2.75, 3.05) is 26.3 Å². The molecule has 0 radical (unpaired) electrons. The van der Waals surface area contributed by atoms with Crippen molar-refractivity contribution in [1.82, 2.24) is 10.6 Å². The Labute approximate surface area is 147 Å². The summed E-state index contributed by atoms with van der Waals surface area (Å²) >= 11 is 0. The molecule has 1 fully saturated rings. The summed E-state index contributed by atoms with van der Waals surface area (Å²) < 4.78 is 5.28. The molecule has 0 aromatic rings. The highest BCUT2D eigenvalue weighted by Gasteiger charge is 2.33. The Bertz CT molecular complexity index is 293. The van der Waals surface area contributed by atoms with Crippen LogP contribution in [0.25, 0.3) is 0 Å². The molecule has 126 valence electrons. The number of nitrogens with zero attached hydrogens (tertiary/aromatic N) is 1. The van der Waals surface area contributed by atoms with Crippen LogP contribution in [0.3, 0.4) is 0 Å². The van der Waals surface area contributed by atoms with Crippen LogP contribution in [0.1, 0.15) is 59.8 Å². The van der Waals surface area contributed by atoms with Gasteiger partial charge < -0.3 is 15.4 Å². The van der Waals surface area contributed by atoms with Crippen LogP contribution in [0.4, 0.5) is 0 Å². The number of unbranched alkanes of at least 4 members (excludes halogenated alkanes) is 3. The fraction of sp³-hybridized carbons (Fsp3) is 0.938. The first-order valence-corrected chi connectivity index (χ1v) is 8.22. The minimum atomic E-state index is 0. The Hall–Kier alpha value is -0.0400. The SMILES string of the molecule is CCCCCCC(C)NC(=NCC1(C)COC1)NCC.I. The van der Waals surface area contributed by atoms with Crippen LogP contribution in [-0.4, -0.2) is 38.3 Å². The molecular formula is C16H34IN3O. The lowest BCUT2D eigenvalue weighted by Gasteiger charge is -2.36. The molecule has 1 saturated heterocycles. The van der Waals surface area contributed by atoms with Gasteiger partial charge in [-0.25, -0.2) is 0 Å². The van der Waals surface area contributed by atoms with Crippen LogP contribution in [0, 0.1) is 5.41 Å². The van der Waals surface area contributed by atoms with Crippen LogP contribution in [0.15, 0.2) is 4.99 Å². The molecule has 1 rings (SSSR count). The smallest absolute Gasteiger partial charge is 0.191 e. The highest BCUT2D eigenvalue weighted by molar-refractivity contribution is 14.0. The molecule has 1 aliphatic heterocycles. The monoisotopic (exact) mass is 411 g/mol. The summed E-state index contributed by atoms with van der Waals surface area (Å²) in [6.07, 6.45) is 6.50. The van der Waals surface area contributed by atoms with Crippen LogP contribution >= 0.6 is 24.0 Å². The highest BCUT2D eigenvalue weighted by atomic mass is 127. The van der Waals surface area contributed by atoms with Crippen molar-refractivity contribution in [3.63, 3.8) is 0 Å². The van der Waals surface area contributed by atoms with Gasteiger partial charge in [-0.15, -0.1) is 24.0 Å². The first-order chi connectivity index (χ1) is 9.59. The number of guanidine groups is 1. The molecule has 4 nitrogen and oxygen atoms in total. The zero-order valence-electron chi connectivity index (χ0n) is 14.2. The summed E-state index contributed by atoms with van der Waals surface area (Å²) in [5.74, 6) is 0.948. The molecular weight excluding hydrogens is 377 g/mol. The Morgan fingerprint density at radius 2 is 1.95 bits per heavy atom. The fourth-order valence-corrected chi connectivity index (χ4v) is 2.31. The van der Waals surface area contributed by atoms with E-state index in [9.17, 15) is 0 Å². The molecule has 0 bridgehead atoms. The lowest BCUT2D eigenvalue weighted by Crippen LogP contribution is -2.46. The molecule has 1 unspecified atom stereocenters. The van der Waals surface area contributed by atoms with Gasteiger partial charge >= 0.3 is 0 Å². The molecule has 0 aromatic heterocycles. The lowest BCUT2D eigenvalue weighted by atomic mass is 9.89. The maximum atomic E-state index is 5.28. The number of halogens is 1. The summed E-state index contributed by atoms with van der Waals surface area (Å²) in [7, 11) is 0. The van der Waals surface area contributed by atoms with E-state index in [1.165, 1.54) is 32.1 Å². The molecule has 5 heteroatoms. The Morgan fingerprint density at radius 1 is 1.24 bits per heavy atom. The van der Waals surface area contributed by atoms with Crippen molar-refractivity contribution < 1.29 is 4.74 Å². The van der Waals surface area contributed by atoms with E-state index in [4.69, 9.17) is 9.73 Å². The molecule has 21 heavy (non-hydrogen) atoms. The van der Waals surface area contributed by atoms with Crippen molar-refractivity contribution in [1.29, 1.82) is 0 Å². The topological polar surface area (TPSA) is 45.7 Å². The van der Waals surface area contributed by atoms with E-state index < -0.39 is 0 Å². The third kappa shape index (κ3) is 8.86. The maximum Gasteiger partial charge on any atom is 0.191 e. The molecule has 0 spiro atoms. The average molecular weight is 411 g/mol. The predicted molar refractivity (Wildman–Crippen MR) is 102 cm³/mol. The van der Waals surface area contributed by atoms with Crippen LogP contribution in [0.2, 0.25) is 0 Å². The molecule has 0 aliphatic carbocycles. The second-order valence-corrected chi connectivity index (χ2v) is 6.39. The van der Waals surface area contributed by atoms with Crippen molar-refractivity contribution >= 4 is 29.9 Å². The van der Waals surface area contributed by atoms with Gasteiger partial charge in [0.25, 0.3) is 0 Å². The number of aliphatic imine (C=N–C) groups is 1. The van der Waals surface area contributed by atoms with Gasteiger partial charge in [0.15, 0.2) is 5.96 Å². The molecule has 0 aromatic carbocycles. The van der Waals surface area contributed by atoms with Crippen molar-refractivity contribution in [2.24, 2.45) is 10.4 Å². The maximum absolute atomic E-state index is 5.28. The second kappa shape index (κ2) is 11.5. The first-order valence-electron chi connectivity index (χ1n) is 8.22. The molecule has 1 aliphatic rings. The van der Waals surface area contributed by atoms with Crippen molar-refractivity contribution in [3.05, 3.63) is 0 Å². The average Bonchev–Trinajstić information content (AvgIpc) is 2.39. The van der Waals surface area contributed by atoms with E-state index in [1.54, 1.807) is 0 Å². The summed E-state index contributed by atoms with van der Waals surface area (Å²) in [6.45, 7) is 12.3. The van der Waals surface area contributed by atoms with Gasteiger partial charge in [0.1, 0.15) is 0 Å². The number of rotatable bonds is 9. The van der Waals surface area contributed by atoms with Gasteiger partial charge in [0.05, 0.1) is 19.8 Å². The molecule has 0 amide bonds. The molecule has 1 atom stereocenters. The summed E-state index contributed by atoms with van der Waals surface area (Å²) in [4.78, 5) is 4.71. The zero-order chi connectivity index (χ0) is 14.8. The summed E-state index contributed by atoms with van der Waals surface area (Å²) in [5, 5.41) is 6.85. The van der Waals surface area contributed by atoms with Crippen molar-refractivity contribution in [3.8, 4) is 0 Å². The number of nitrogens with one attached hydrogen (secondary N) is 2. The van der Waals surface area contributed by atoms with E-state index in [2.05, 4.69) is 38.3 Å². The predicted octanol–water partition coefficient (Wildman–Crippen LogP) is 3.55. The number of ether oxygens (including phenoxy) is 1. The van der Waals surface area contributed by atoms with E-state index in [0.29, 0.717) is 6.04 Å². The Morgan fingerprint density at radius 3 is 2.48 bits per heavy atom. The second-order valence-electron chi connectivity index (χ2n) is 6.39. The third-order valence-corrected chi connectivity index (χ3v) is 3.74. The minimum absolute atomic E-state index is 0. The summed E-state index contributed by atoms with van der Waals surface area (Å²) in [5.41, 5.74) is 0.243. The lowest BCUT2D eigenvalue weighted by molar-refractivity contribution is -0.0945. The standard InChI is InChI=1S/C16H33N3O.HI/c1-5-7-8-9-10-14(3)19-15(17-6-2)18-11-16(4)12-20-13-16;/h14H,5-13H2,1-4H3,(H2,17,18,19);1H. The van der Waals surface area contributed by atoms with Crippen LogP contribution in [-0.2, 0) is 4.74 Å². The minimum Gasteiger partial charge on any atom is -0.380 e. The largest absolute Gasteiger partial charge is 0.380 e. The van der Waals surface area contributed by atoms with E-state index in [-0.39, 0.29) is 29.4 Å². The van der Waals surface area contributed by atoms with E-state index in [1.807, 2.05) is 0 Å². The molecule has 0 saturated carbocycles. The molecule has 2 N–H and O–H groups in total. The van der Waals surface area contributed by atoms with Gasteiger partial charge in [0, 0.05) is 18.0 Å². The van der Waals surface area contributed by atoms with Gasteiger partial charge in [0.2, 0.25) is 0 Å². The normalized spacial score (nSPS) is 18.4. The summed E-state index contributed by atoms with van der Waals surface area (Å²) in [6, 6.07) is 0.482. The Kier molecular flexibility index (Phi) is 11.5. The van der Waals surface area contributed by atoms with E-state index >= 15 is 0 Å². The van der Waals surface area contributed by atoms with Gasteiger partial charge in [-0.1, -0.05) is 39.5 Å². The zero-order valence-corrected chi connectivity index (χ0v) is 16.5. The van der Waals surface area contributed by atoms with Crippen LogP contribution < -0.4 is 10.6 Å². The van der Waals surface area contributed by atoms with Gasteiger partial charge in [-0.05, 0) is 20.3 Å². The first kappa shape index (κ1) is 21.0. The number of hydrogen-bond acceptors (Lipinski definition) is 2. The third-order valence-electron chi connectivity index (χ3n) is 3.74.